The number of aromatic amines is 1. The highest BCUT2D eigenvalue weighted by Gasteiger charge is 2.13. The van der Waals surface area contributed by atoms with Gasteiger partial charge in [-0.2, -0.15) is 5.10 Å². The van der Waals surface area contributed by atoms with E-state index >= 15 is 0 Å². The van der Waals surface area contributed by atoms with Crippen LogP contribution in [0.4, 0.5) is 0 Å². The summed E-state index contributed by atoms with van der Waals surface area (Å²) in [6, 6.07) is 0. The van der Waals surface area contributed by atoms with Crippen LogP contribution in [0.15, 0.2) is 6.20 Å². The zero-order valence-electron chi connectivity index (χ0n) is 11.6. The largest absolute Gasteiger partial charge is 0.378 e. The van der Waals surface area contributed by atoms with E-state index in [-0.39, 0.29) is 5.91 Å². The van der Waals surface area contributed by atoms with E-state index in [1.54, 1.807) is 6.20 Å². The quantitative estimate of drug-likeness (QED) is 0.775. The van der Waals surface area contributed by atoms with Gasteiger partial charge in [-0.15, -0.1) is 0 Å². The molecule has 2 rings (SSSR count). The first kappa shape index (κ1) is 14.1. The lowest BCUT2D eigenvalue weighted by Crippen LogP contribution is -2.26. The summed E-state index contributed by atoms with van der Waals surface area (Å²) in [4.78, 5) is 11.8. The number of amides is 1. The molecule has 0 spiro atoms. The minimum Gasteiger partial charge on any atom is -0.378 e. The Balaban J connectivity index is 1.56. The first-order valence-corrected chi connectivity index (χ1v) is 7.17. The molecule has 1 heterocycles. The van der Waals surface area contributed by atoms with Gasteiger partial charge in [0.2, 0.25) is 0 Å². The second-order valence-electron chi connectivity index (χ2n) is 5.15. The summed E-state index contributed by atoms with van der Waals surface area (Å²) in [5.41, 5.74) is 1.42. The molecule has 1 aromatic heterocycles. The number of nitrogens with one attached hydrogen (secondary N) is 2. The van der Waals surface area contributed by atoms with Gasteiger partial charge in [0.05, 0.1) is 17.9 Å². The van der Waals surface area contributed by atoms with Crippen molar-refractivity contribution in [3.63, 3.8) is 0 Å². The lowest BCUT2D eigenvalue weighted by molar-refractivity contribution is 0.0273. The Labute approximate surface area is 114 Å². The van der Waals surface area contributed by atoms with Crippen LogP contribution in [0.5, 0.6) is 0 Å². The van der Waals surface area contributed by atoms with Gasteiger partial charge in [-0.05, 0) is 26.2 Å². The van der Waals surface area contributed by atoms with Gasteiger partial charge in [0.15, 0.2) is 0 Å². The van der Waals surface area contributed by atoms with Gasteiger partial charge in [0, 0.05) is 18.8 Å². The van der Waals surface area contributed by atoms with Crippen LogP contribution in [0.25, 0.3) is 0 Å². The molecule has 1 amide bonds. The van der Waals surface area contributed by atoms with E-state index in [0.29, 0.717) is 18.2 Å². The third-order valence-electron chi connectivity index (χ3n) is 3.59. The topological polar surface area (TPSA) is 67.0 Å². The first-order chi connectivity index (χ1) is 9.27. The number of hydrogen-bond acceptors (Lipinski definition) is 3. The molecule has 0 aromatic carbocycles. The molecular formula is C14H23N3O2. The molecule has 1 aromatic rings. The fourth-order valence-corrected chi connectivity index (χ4v) is 2.43. The van der Waals surface area contributed by atoms with Gasteiger partial charge in [-0.3, -0.25) is 9.89 Å². The standard InChI is InChI=1S/C14H23N3O2/c1-11-13(10-16-17-11)14(18)15-8-5-9-19-12-6-3-2-4-7-12/h10,12H,2-9H2,1H3,(H,15,18)(H,16,17). The van der Waals surface area contributed by atoms with Crippen LogP contribution in [0.1, 0.15) is 54.6 Å². The Morgan fingerprint density at radius 2 is 2.26 bits per heavy atom. The van der Waals surface area contributed by atoms with E-state index in [9.17, 15) is 4.79 Å². The Hall–Kier alpha value is -1.36. The lowest BCUT2D eigenvalue weighted by Gasteiger charge is -2.21. The molecule has 106 valence electrons. The second-order valence-corrected chi connectivity index (χ2v) is 5.15. The van der Waals surface area contributed by atoms with Crippen molar-refractivity contribution in [2.24, 2.45) is 0 Å². The number of nitrogens with zero attached hydrogens (tertiary/aromatic N) is 1. The van der Waals surface area contributed by atoms with Crippen LogP contribution in [0, 0.1) is 6.92 Å². The minimum atomic E-state index is -0.0658. The number of H-pyrrole nitrogens is 1. The molecule has 5 heteroatoms. The molecule has 2 N–H and O–H groups in total. The van der Waals surface area contributed by atoms with Crippen molar-refractivity contribution in [3.05, 3.63) is 17.5 Å². The Kier molecular flexibility index (Phi) is 5.39. The minimum absolute atomic E-state index is 0.0658. The highest BCUT2D eigenvalue weighted by molar-refractivity contribution is 5.94. The van der Waals surface area contributed by atoms with Crippen molar-refractivity contribution in [3.8, 4) is 0 Å². The van der Waals surface area contributed by atoms with E-state index in [4.69, 9.17) is 4.74 Å². The summed E-state index contributed by atoms with van der Waals surface area (Å²) in [5.74, 6) is -0.0658. The number of aryl methyl sites for hydroxylation is 1. The van der Waals surface area contributed by atoms with Crippen molar-refractivity contribution < 1.29 is 9.53 Å². The summed E-state index contributed by atoms with van der Waals surface area (Å²) in [6.45, 7) is 3.22. The molecule has 5 nitrogen and oxygen atoms in total. The van der Waals surface area contributed by atoms with Gasteiger partial charge in [0.25, 0.3) is 5.91 Å². The molecule has 0 unspecified atom stereocenters. The Morgan fingerprint density at radius 3 is 2.95 bits per heavy atom. The summed E-state index contributed by atoms with van der Waals surface area (Å²) < 4.78 is 5.81. The summed E-state index contributed by atoms with van der Waals surface area (Å²) in [7, 11) is 0. The number of ether oxygens (including phenoxy) is 1. The molecular weight excluding hydrogens is 242 g/mol. The van der Waals surface area contributed by atoms with Crippen molar-refractivity contribution in [1.82, 2.24) is 15.5 Å². The van der Waals surface area contributed by atoms with Gasteiger partial charge < -0.3 is 10.1 Å². The van der Waals surface area contributed by atoms with E-state index in [1.165, 1.54) is 32.1 Å². The SMILES string of the molecule is Cc1[nH]ncc1C(=O)NCCCOC1CCCCC1. The zero-order valence-corrected chi connectivity index (χ0v) is 11.6. The maximum absolute atomic E-state index is 11.8. The van der Waals surface area contributed by atoms with E-state index in [1.807, 2.05) is 6.92 Å². The predicted octanol–water partition coefficient (Wildman–Crippen LogP) is 2.19. The number of rotatable bonds is 6. The number of carbonyl (C=O) groups excluding carboxylic acids is 1. The average molecular weight is 265 g/mol. The number of aromatic nitrogens is 2. The van der Waals surface area contributed by atoms with Crippen LogP contribution >= 0.6 is 0 Å². The normalized spacial score (nSPS) is 16.5. The van der Waals surface area contributed by atoms with E-state index < -0.39 is 0 Å². The fourth-order valence-electron chi connectivity index (χ4n) is 2.43. The van der Waals surface area contributed by atoms with Crippen LogP contribution in [-0.4, -0.2) is 35.4 Å². The maximum Gasteiger partial charge on any atom is 0.254 e. The molecule has 0 bridgehead atoms. The van der Waals surface area contributed by atoms with Crippen molar-refractivity contribution >= 4 is 5.91 Å². The molecule has 1 fully saturated rings. The summed E-state index contributed by atoms with van der Waals surface area (Å²) >= 11 is 0. The highest BCUT2D eigenvalue weighted by atomic mass is 16.5. The van der Waals surface area contributed by atoms with Gasteiger partial charge in [-0.25, -0.2) is 0 Å². The smallest absolute Gasteiger partial charge is 0.254 e. The van der Waals surface area contributed by atoms with E-state index in [2.05, 4.69) is 15.5 Å². The molecule has 1 aliphatic carbocycles. The maximum atomic E-state index is 11.8. The Morgan fingerprint density at radius 1 is 1.47 bits per heavy atom. The fraction of sp³-hybridized carbons (Fsp3) is 0.714. The third kappa shape index (κ3) is 4.35. The van der Waals surface area contributed by atoms with Crippen LogP contribution in [-0.2, 0) is 4.74 Å². The highest BCUT2D eigenvalue weighted by Crippen LogP contribution is 2.20. The predicted molar refractivity (Wildman–Crippen MR) is 73.1 cm³/mol. The molecule has 0 saturated heterocycles. The molecule has 0 atom stereocenters. The molecule has 19 heavy (non-hydrogen) atoms. The van der Waals surface area contributed by atoms with Crippen molar-refractivity contribution in [1.29, 1.82) is 0 Å². The third-order valence-corrected chi connectivity index (χ3v) is 3.59. The second kappa shape index (κ2) is 7.28. The van der Waals surface area contributed by atoms with Crippen molar-refractivity contribution in [2.75, 3.05) is 13.2 Å². The number of hydrogen-bond donors (Lipinski definition) is 2. The monoisotopic (exact) mass is 265 g/mol. The van der Waals surface area contributed by atoms with Gasteiger partial charge in [-0.1, -0.05) is 19.3 Å². The van der Waals surface area contributed by atoms with Crippen molar-refractivity contribution in [2.45, 2.75) is 51.6 Å². The molecule has 1 saturated carbocycles. The van der Waals surface area contributed by atoms with Gasteiger partial charge >= 0.3 is 0 Å². The average Bonchev–Trinajstić information content (AvgIpc) is 2.86. The molecule has 1 aliphatic rings. The lowest BCUT2D eigenvalue weighted by atomic mass is 9.98. The summed E-state index contributed by atoms with van der Waals surface area (Å²) in [5, 5.41) is 9.48. The van der Waals surface area contributed by atoms with E-state index in [0.717, 1.165) is 18.7 Å². The Bertz CT molecular complexity index is 397. The molecule has 0 aliphatic heterocycles. The first-order valence-electron chi connectivity index (χ1n) is 7.17. The zero-order chi connectivity index (χ0) is 13.5. The van der Waals surface area contributed by atoms with Crippen LogP contribution in [0.3, 0.4) is 0 Å². The molecule has 0 radical (unpaired) electrons. The summed E-state index contributed by atoms with van der Waals surface area (Å²) in [6.07, 6.45) is 9.19. The van der Waals surface area contributed by atoms with Crippen LogP contribution in [0.2, 0.25) is 0 Å². The van der Waals surface area contributed by atoms with Crippen LogP contribution < -0.4 is 5.32 Å². The number of carbonyl (C=O) groups is 1. The van der Waals surface area contributed by atoms with Gasteiger partial charge in [0.1, 0.15) is 0 Å².